The van der Waals surface area contributed by atoms with E-state index in [1.54, 1.807) is 0 Å². The number of benzene rings is 1. The van der Waals surface area contributed by atoms with E-state index < -0.39 is 4.92 Å². The second-order valence-corrected chi connectivity index (χ2v) is 2.83. The summed E-state index contributed by atoms with van der Waals surface area (Å²) in [4.78, 5) is 20.7. The lowest BCUT2D eigenvalue weighted by Gasteiger charge is -2.01. The highest BCUT2D eigenvalue weighted by atomic mass is 32.1. The van der Waals surface area contributed by atoms with Crippen LogP contribution in [0.5, 0.6) is 0 Å². The fraction of sp³-hybridized carbons (Fsp3) is 0.125. The molecule has 74 valence electrons. The van der Waals surface area contributed by atoms with E-state index in [4.69, 9.17) is 0 Å². The van der Waals surface area contributed by atoms with Gasteiger partial charge < -0.3 is 5.32 Å². The van der Waals surface area contributed by atoms with Crippen LogP contribution in [0.3, 0.4) is 0 Å². The molecule has 0 aliphatic heterocycles. The van der Waals surface area contributed by atoms with Crippen LogP contribution in [-0.2, 0) is 4.79 Å². The van der Waals surface area contributed by atoms with Gasteiger partial charge in [0.15, 0.2) is 0 Å². The summed E-state index contributed by atoms with van der Waals surface area (Å²) in [6.07, 6.45) is 0. The van der Waals surface area contributed by atoms with Crippen molar-refractivity contribution in [2.45, 2.75) is 0 Å². The number of rotatable bonds is 3. The molecule has 1 aromatic rings. The number of carbonyl (C=O) groups is 1. The summed E-state index contributed by atoms with van der Waals surface area (Å²) in [6, 6.07) is 5.60. The van der Waals surface area contributed by atoms with Gasteiger partial charge in [-0.15, -0.1) is 0 Å². The molecule has 0 saturated carbocycles. The van der Waals surface area contributed by atoms with Crippen molar-refractivity contribution in [2.24, 2.45) is 0 Å². The molecule has 1 amide bonds. The highest BCUT2D eigenvalue weighted by Gasteiger charge is 2.04. The zero-order chi connectivity index (χ0) is 10.6. The fourth-order valence-corrected chi connectivity index (χ4v) is 0.946. The summed E-state index contributed by atoms with van der Waals surface area (Å²) in [5, 5.41) is 12.8. The summed E-state index contributed by atoms with van der Waals surface area (Å²) in [5.74, 6) is -0.168. The summed E-state index contributed by atoms with van der Waals surface area (Å²) in [5.41, 5.74) is 0.517. The van der Waals surface area contributed by atoms with Gasteiger partial charge in [-0.2, -0.15) is 12.6 Å². The molecule has 1 aromatic carbocycles. The number of nitro benzene ring substituents is 1. The van der Waals surface area contributed by atoms with Crippen LogP contribution in [0, 0.1) is 10.1 Å². The van der Waals surface area contributed by atoms with Gasteiger partial charge in [0.2, 0.25) is 5.91 Å². The largest absolute Gasteiger partial charge is 0.325 e. The van der Waals surface area contributed by atoms with Gasteiger partial charge in [-0.3, -0.25) is 14.9 Å². The van der Waals surface area contributed by atoms with Crippen molar-refractivity contribution < 1.29 is 9.72 Å². The summed E-state index contributed by atoms with van der Waals surface area (Å²) < 4.78 is 0. The summed E-state index contributed by atoms with van der Waals surface area (Å²) >= 11 is 3.78. The van der Waals surface area contributed by atoms with E-state index in [9.17, 15) is 14.9 Å². The van der Waals surface area contributed by atoms with E-state index in [1.165, 1.54) is 24.3 Å². The van der Waals surface area contributed by atoms with Gasteiger partial charge in [-0.05, 0) is 12.1 Å². The van der Waals surface area contributed by atoms with Crippen molar-refractivity contribution in [3.8, 4) is 0 Å². The predicted molar refractivity (Wildman–Crippen MR) is 55.6 cm³/mol. The normalized spacial score (nSPS) is 9.50. The summed E-state index contributed by atoms with van der Waals surface area (Å²) in [6.45, 7) is 0. The second-order valence-electron chi connectivity index (χ2n) is 2.51. The third-order valence-electron chi connectivity index (χ3n) is 1.51. The molecular weight excluding hydrogens is 204 g/mol. The number of hydrogen-bond donors (Lipinski definition) is 2. The molecule has 0 bridgehead atoms. The van der Waals surface area contributed by atoms with Gasteiger partial charge >= 0.3 is 0 Å². The SMILES string of the molecule is O=C(CS)Nc1ccc([N+](=O)[O-])cc1. The lowest BCUT2D eigenvalue weighted by Crippen LogP contribution is -2.12. The van der Waals surface area contributed by atoms with Crippen LogP contribution < -0.4 is 5.32 Å². The molecule has 0 spiro atoms. The molecule has 0 fully saturated rings. The molecule has 0 unspecified atom stereocenters. The minimum atomic E-state index is -0.496. The maximum absolute atomic E-state index is 10.9. The zero-order valence-corrected chi connectivity index (χ0v) is 8.03. The van der Waals surface area contributed by atoms with E-state index in [0.29, 0.717) is 5.69 Å². The van der Waals surface area contributed by atoms with E-state index >= 15 is 0 Å². The average Bonchev–Trinajstić information content (AvgIpc) is 2.18. The molecule has 5 nitrogen and oxygen atoms in total. The number of nitro groups is 1. The number of hydrogen-bond acceptors (Lipinski definition) is 4. The first-order valence-electron chi connectivity index (χ1n) is 3.78. The molecular formula is C8H8N2O3S. The smallest absolute Gasteiger partial charge is 0.269 e. The van der Waals surface area contributed by atoms with Crippen LogP contribution in [0.25, 0.3) is 0 Å². The Labute approximate surface area is 85.7 Å². The number of non-ortho nitro benzene ring substituents is 1. The van der Waals surface area contributed by atoms with Crippen LogP contribution in [0.1, 0.15) is 0 Å². The lowest BCUT2D eigenvalue weighted by molar-refractivity contribution is -0.384. The van der Waals surface area contributed by atoms with E-state index in [1.807, 2.05) is 0 Å². The van der Waals surface area contributed by atoms with E-state index in [0.717, 1.165) is 0 Å². The molecule has 0 aromatic heterocycles. The molecule has 14 heavy (non-hydrogen) atoms. The van der Waals surface area contributed by atoms with Gasteiger partial charge in [-0.1, -0.05) is 0 Å². The van der Waals surface area contributed by atoms with E-state index in [2.05, 4.69) is 17.9 Å². The Morgan fingerprint density at radius 1 is 1.43 bits per heavy atom. The number of anilines is 1. The average molecular weight is 212 g/mol. The molecule has 1 N–H and O–H groups in total. The zero-order valence-electron chi connectivity index (χ0n) is 7.14. The quantitative estimate of drug-likeness (QED) is 0.452. The topological polar surface area (TPSA) is 72.2 Å². The number of carbonyl (C=O) groups excluding carboxylic acids is 1. The van der Waals surface area contributed by atoms with E-state index in [-0.39, 0.29) is 17.3 Å². The third-order valence-corrected chi connectivity index (χ3v) is 1.79. The van der Waals surface area contributed by atoms with Crippen LogP contribution in [0.15, 0.2) is 24.3 Å². The van der Waals surface area contributed by atoms with Gasteiger partial charge in [0.25, 0.3) is 5.69 Å². The first-order valence-corrected chi connectivity index (χ1v) is 4.42. The number of amides is 1. The Kier molecular flexibility index (Phi) is 3.47. The predicted octanol–water partition coefficient (Wildman–Crippen LogP) is 1.46. The number of thiol groups is 1. The van der Waals surface area contributed by atoms with Crippen LogP contribution >= 0.6 is 12.6 Å². The lowest BCUT2D eigenvalue weighted by atomic mass is 10.3. The van der Waals surface area contributed by atoms with Crippen LogP contribution in [0.4, 0.5) is 11.4 Å². The van der Waals surface area contributed by atoms with Gasteiger partial charge in [0, 0.05) is 17.8 Å². The fourth-order valence-electron chi connectivity index (χ4n) is 0.867. The number of nitrogens with zero attached hydrogens (tertiary/aromatic N) is 1. The Morgan fingerprint density at radius 3 is 2.43 bits per heavy atom. The standard InChI is InChI=1S/C8H8N2O3S/c11-8(5-14)9-6-1-3-7(4-2-6)10(12)13/h1-4,14H,5H2,(H,9,11). The summed E-state index contributed by atoms with van der Waals surface area (Å²) in [7, 11) is 0. The van der Waals surface area contributed by atoms with Crippen molar-refractivity contribution in [1.82, 2.24) is 0 Å². The highest BCUT2D eigenvalue weighted by Crippen LogP contribution is 2.15. The second kappa shape index (κ2) is 4.61. The third kappa shape index (κ3) is 2.74. The minimum absolute atomic E-state index is 0.00567. The minimum Gasteiger partial charge on any atom is -0.325 e. The van der Waals surface area contributed by atoms with Gasteiger partial charge in [0.1, 0.15) is 0 Å². The molecule has 0 atom stereocenters. The van der Waals surface area contributed by atoms with Crippen molar-refractivity contribution in [2.75, 3.05) is 11.1 Å². The first kappa shape index (κ1) is 10.5. The maximum atomic E-state index is 10.9. The van der Waals surface area contributed by atoms with Gasteiger partial charge in [-0.25, -0.2) is 0 Å². The Hall–Kier alpha value is -1.56. The van der Waals surface area contributed by atoms with Crippen LogP contribution in [-0.4, -0.2) is 16.6 Å². The van der Waals surface area contributed by atoms with Crippen molar-refractivity contribution >= 4 is 29.9 Å². The molecule has 0 saturated heterocycles. The number of nitrogens with one attached hydrogen (secondary N) is 1. The Morgan fingerprint density at radius 2 is 2.00 bits per heavy atom. The first-order chi connectivity index (χ1) is 6.63. The Bertz CT molecular complexity index is 350. The van der Waals surface area contributed by atoms with Gasteiger partial charge in [0.05, 0.1) is 10.7 Å². The maximum Gasteiger partial charge on any atom is 0.269 e. The van der Waals surface area contributed by atoms with Crippen molar-refractivity contribution in [3.05, 3.63) is 34.4 Å². The monoisotopic (exact) mass is 212 g/mol. The molecule has 1 rings (SSSR count). The Balaban J connectivity index is 2.73. The molecule has 0 heterocycles. The highest BCUT2D eigenvalue weighted by molar-refractivity contribution is 7.81. The molecule has 0 radical (unpaired) electrons. The van der Waals surface area contributed by atoms with Crippen molar-refractivity contribution in [3.63, 3.8) is 0 Å². The molecule has 6 heteroatoms. The van der Waals surface area contributed by atoms with Crippen molar-refractivity contribution in [1.29, 1.82) is 0 Å². The molecule has 0 aliphatic carbocycles. The van der Waals surface area contributed by atoms with Crippen LogP contribution in [0.2, 0.25) is 0 Å². The molecule has 0 aliphatic rings.